The molecular formula is C12H18N2O3. The van der Waals surface area contributed by atoms with Gasteiger partial charge in [-0.2, -0.15) is 0 Å². The molecule has 0 heterocycles. The zero-order valence-corrected chi connectivity index (χ0v) is 10.2. The van der Waals surface area contributed by atoms with Crippen molar-refractivity contribution in [1.29, 1.82) is 0 Å². The first kappa shape index (κ1) is 13.6. The van der Waals surface area contributed by atoms with Crippen molar-refractivity contribution in [2.75, 3.05) is 13.2 Å². The number of nitro groups is 1. The zero-order chi connectivity index (χ0) is 12.7. The molecule has 0 aliphatic rings. The van der Waals surface area contributed by atoms with Crippen LogP contribution in [0.25, 0.3) is 0 Å². The lowest BCUT2D eigenvalue weighted by Crippen LogP contribution is -2.20. The molecule has 0 saturated carbocycles. The SMILES string of the molecule is CC(C)CONCCc1ccc([N+](=O)[O-])cc1. The summed E-state index contributed by atoms with van der Waals surface area (Å²) in [6.45, 7) is 5.54. The number of hydrogen-bond donors (Lipinski definition) is 1. The van der Waals surface area contributed by atoms with Gasteiger partial charge < -0.3 is 4.84 Å². The second-order valence-electron chi connectivity index (χ2n) is 4.27. The van der Waals surface area contributed by atoms with Gasteiger partial charge >= 0.3 is 0 Å². The minimum atomic E-state index is -0.395. The van der Waals surface area contributed by atoms with E-state index in [4.69, 9.17) is 4.84 Å². The summed E-state index contributed by atoms with van der Waals surface area (Å²) >= 11 is 0. The molecule has 17 heavy (non-hydrogen) atoms. The first-order valence-electron chi connectivity index (χ1n) is 5.67. The second kappa shape index (κ2) is 6.98. The van der Waals surface area contributed by atoms with Gasteiger partial charge in [0.05, 0.1) is 11.5 Å². The normalized spacial score (nSPS) is 10.8. The van der Waals surface area contributed by atoms with Gasteiger partial charge in [0.15, 0.2) is 0 Å². The highest BCUT2D eigenvalue weighted by Crippen LogP contribution is 2.11. The maximum atomic E-state index is 10.4. The van der Waals surface area contributed by atoms with E-state index in [1.165, 1.54) is 12.1 Å². The van der Waals surface area contributed by atoms with Crippen LogP contribution in [-0.4, -0.2) is 18.1 Å². The minimum Gasteiger partial charge on any atom is -0.302 e. The Labute approximate surface area is 101 Å². The Kier molecular flexibility index (Phi) is 5.59. The molecule has 0 bridgehead atoms. The molecule has 0 unspecified atom stereocenters. The number of nitro benzene ring substituents is 1. The molecule has 1 N–H and O–H groups in total. The molecular weight excluding hydrogens is 220 g/mol. The molecule has 5 nitrogen and oxygen atoms in total. The maximum Gasteiger partial charge on any atom is 0.269 e. The molecule has 0 aliphatic heterocycles. The van der Waals surface area contributed by atoms with E-state index in [2.05, 4.69) is 19.3 Å². The highest BCUT2D eigenvalue weighted by atomic mass is 16.6. The van der Waals surface area contributed by atoms with Gasteiger partial charge in [-0.05, 0) is 17.9 Å². The molecule has 0 amide bonds. The van der Waals surface area contributed by atoms with Crippen LogP contribution in [0.1, 0.15) is 19.4 Å². The summed E-state index contributed by atoms with van der Waals surface area (Å²) in [5, 5.41) is 10.4. The Morgan fingerprint density at radius 1 is 1.35 bits per heavy atom. The van der Waals surface area contributed by atoms with Crippen LogP contribution in [0, 0.1) is 16.0 Å². The predicted octanol–water partition coefficient (Wildman–Crippen LogP) is 2.31. The van der Waals surface area contributed by atoms with E-state index in [1.807, 2.05) is 0 Å². The lowest BCUT2D eigenvalue weighted by Gasteiger charge is -2.07. The maximum absolute atomic E-state index is 10.4. The Hall–Kier alpha value is -1.46. The third-order valence-electron chi connectivity index (χ3n) is 2.18. The summed E-state index contributed by atoms with van der Waals surface area (Å²) in [4.78, 5) is 15.3. The molecule has 0 saturated heterocycles. The van der Waals surface area contributed by atoms with Gasteiger partial charge in [0.1, 0.15) is 0 Å². The van der Waals surface area contributed by atoms with Gasteiger partial charge in [-0.15, -0.1) is 0 Å². The second-order valence-corrected chi connectivity index (χ2v) is 4.27. The fraction of sp³-hybridized carbons (Fsp3) is 0.500. The van der Waals surface area contributed by atoms with Crippen LogP contribution < -0.4 is 5.48 Å². The summed E-state index contributed by atoms with van der Waals surface area (Å²) in [6, 6.07) is 6.57. The quantitative estimate of drug-likeness (QED) is 0.450. The lowest BCUT2D eigenvalue weighted by atomic mass is 10.1. The molecule has 1 rings (SSSR count). The van der Waals surface area contributed by atoms with E-state index in [-0.39, 0.29) is 5.69 Å². The summed E-state index contributed by atoms with van der Waals surface area (Å²) in [5.41, 5.74) is 4.04. The van der Waals surface area contributed by atoms with E-state index in [0.29, 0.717) is 19.1 Å². The van der Waals surface area contributed by atoms with E-state index in [0.717, 1.165) is 12.0 Å². The number of nitrogens with one attached hydrogen (secondary N) is 1. The summed E-state index contributed by atoms with van der Waals surface area (Å²) in [5.74, 6) is 0.502. The third kappa shape index (κ3) is 5.42. The molecule has 0 fully saturated rings. The van der Waals surface area contributed by atoms with Crippen molar-refractivity contribution < 1.29 is 9.76 Å². The number of benzene rings is 1. The van der Waals surface area contributed by atoms with Crippen molar-refractivity contribution >= 4 is 5.69 Å². The Balaban J connectivity index is 2.25. The van der Waals surface area contributed by atoms with Crippen LogP contribution in [0.5, 0.6) is 0 Å². The van der Waals surface area contributed by atoms with Crippen molar-refractivity contribution in [3.8, 4) is 0 Å². The Morgan fingerprint density at radius 3 is 2.53 bits per heavy atom. The average Bonchev–Trinajstić information content (AvgIpc) is 2.29. The van der Waals surface area contributed by atoms with Crippen LogP contribution in [0.3, 0.4) is 0 Å². The molecule has 94 valence electrons. The van der Waals surface area contributed by atoms with Crippen LogP contribution in [0.4, 0.5) is 5.69 Å². The average molecular weight is 238 g/mol. The van der Waals surface area contributed by atoms with Gasteiger partial charge in [0.2, 0.25) is 0 Å². The van der Waals surface area contributed by atoms with Crippen molar-refractivity contribution in [2.24, 2.45) is 5.92 Å². The minimum absolute atomic E-state index is 0.123. The number of hydroxylamine groups is 1. The molecule has 5 heteroatoms. The Bertz CT molecular complexity index is 349. The van der Waals surface area contributed by atoms with E-state index < -0.39 is 4.92 Å². The van der Waals surface area contributed by atoms with Crippen molar-refractivity contribution in [3.05, 3.63) is 39.9 Å². The lowest BCUT2D eigenvalue weighted by molar-refractivity contribution is -0.384. The largest absolute Gasteiger partial charge is 0.302 e. The highest BCUT2D eigenvalue weighted by molar-refractivity contribution is 5.32. The first-order valence-corrected chi connectivity index (χ1v) is 5.67. The van der Waals surface area contributed by atoms with Gasteiger partial charge in [0.25, 0.3) is 5.69 Å². The van der Waals surface area contributed by atoms with Crippen molar-refractivity contribution in [2.45, 2.75) is 20.3 Å². The topological polar surface area (TPSA) is 64.4 Å². The highest BCUT2D eigenvalue weighted by Gasteiger charge is 2.03. The van der Waals surface area contributed by atoms with Gasteiger partial charge in [0, 0.05) is 18.7 Å². The molecule has 0 atom stereocenters. The van der Waals surface area contributed by atoms with Crippen LogP contribution in [0.15, 0.2) is 24.3 Å². The van der Waals surface area contributed by atoms with E-state index >= 15 is 0 Å². The van der Waals surface area contributed by atoms with E-state index in [1.54, 1.807) is 12.1 Å². The summed E-state index contributed by atoms with van der Waals surface area (Å²) in [6.07, 6.45) is 0.788. The summed E-state index contributed by atoms with van der Waals surface area (Å²) in [7, 11) is 0. The number of non-ortho nitro benzene ring substituents is 1. The summed E-state index contributed by atoms with van der Waals surface area (Å²) < 4.78 is 0. The number of nitrogens with zero attached hydrogens (tertiary/aromatic N) is 1. The van der Waals surface area contributed by atoms with Crippen molar-refractivity contribution in [3.63, 3.8) is 0 Å². The third-order valence-corrected chi connectivity index (χ3v) is 2.18. The molecule has 0 radical (unpaired) electrons. The van der Waals surface area contributed by atoms with Crippen LogP contribution >= 0.6 is 0 Å². The Morgan fingerprint density at radius 2 is 2.00 bits per heavy atom. The molecule has 1 aromatic carbocycles. The van der Waals surface area contributed by atoms with E-state index in [9.17, 15) is 10.1 Å². The molecule has 0 aliphatic carbocycles. The standard InChI is InChI=1S/C12H18N2O3/c1-10(2)9-17-13-8-7-11-3-5-12(6-4-11)14(15)16/h3-6,10,13H,7-9H2,1-2H3. The fourth-order valence-corrected chi connectivity index (χ4v) is 1.28. The number of rotatable bonds is 7. The van der Waals surface area contributed by atoms with Gasteiger partial charge in [-0.1, -0.05) is 26.0 Å². The van der Waals surface area contributed by atoms with Gasteiger partial charge in [-0.25, -0.2) is 5.48 Å². The molecule has 0 aromatic heterocycles. The molecule has 0 spiro atoms. The first-order chi connectivity index (χ1) is 8.09. The van der Waals surface area contributed by atoms with Crippen molar-refractivity contribution in [1.82, 2.24) is 5.48 Å². The molecule has 1 aromatic rings. The smallest absolute Gasteiger partial charge is 0.269 e. The predicted molar refractivity (Wildman–Crippen MR) is 65.6 cm³/mol. The zero-order valence-electron chi connectivity index (χ0n) is 10.2. The number of hydrogen-bond acceptors (Lipinski definition) is 4. The van der Waals surface area contributed by atoms with Gasteiger partial charge in [-0.3, -0.25) is 10.1 Å². The van der Waals surface area contributed by atoms with Crippen LogP contribution in [-0.2, 0) is 11.3 Å². The van der Waals surface area contributed by atoms with Crippen LogP contribution in [0.2, 0.25) is 0 Å². The fourth-order valence-electron chi connectivity index (χ4n) is 1.28. The monoisotopic (exact) mass is 238 g/mol.